The van der Waals surface area contributed by atoms with E-state index in [1.807, 2.05) is 14.1 Å². The molecule has 0 amide bonds. The van der Waals surface area contributed by atoms with E-state index in [1.54, 1.807) is 12.1 Å². The zero-order chi connectivity index (χ0) is 14.5. The topological polar surface area (TPSA) is 35.5 Å². The first-order valence-electron chi connectivity index (χ1n) is 6.59. The summed E-state index contributed by atoms with van der Waals surface area (Å²) in [6.07, 6.45) is -0.675. The van der Waals surface area contributed by atoms with Crippen molar-refractivity contribution in [2.75, 3.05) is 33.7 Å². The lowest BCUT2D eigenvalue weighted by Gasteiger charge is -2.29. The van der Waals surface area contributed by atoms with Gasteiger partial charge in [0.1, 0.15) is 5.82 Å². The molecule has 0 aliphatic carbocycles. The Balaban J connectivity index is 2.40. The van der Waals surface area contributed by atoms with Gasteiger partial charge in [0.05, 0.1) is 6.10 Å². The van der Waals surface area contributed by atoms with Gasteiger partial charge in [0, 0.05) is 19.6 Å². The van der Waals surface area contributed by atoms with E-state index in [1.165, 1.54) is 12.1 Å². The van der Waals surface area contributed by atoms with Crippen molar-refractivity contribution < 1.29 is 9.50 Å². The van der Waals surface area contributed by atoms with E-state index >= 15 is 0 Å². The molecule has 0 radical (unpaired) electrons. The Kier molecular flexibility index (Phi) is 5.91. The van der Waals surface area contributed by atoms with Gasteiger partial charge < -0.3 is 15.3 Å². The number of nitrogens with one attached hydrogen (secondary N) is 1. The number of nitrogens with zero attached hydrogens (tertiary/aromatic N) is 1. The van der Waals surface area contributed by atoms with Gasteiger partial charge >= 0.3 is 0 Å². The van der Waals surface area contributed by atoms with Crippen molar-refractivity contribution in [3.8, 4) is 0 Å². The van der Waals surface area contributed by atoms with E-state index < -0.39 is 6.10 Å². The highest BCUT2D eigenvalue weighted by Gasteiger charge is 2.19. The Bertz CT molecular complexity index is 393. The maximum atomic E-state index is 13.0. The van der Waals surface area contributed by atoms with Crippen LogP contribution in [-0.2, 0) is 0 Å². The average Bonchev–Trinajstić information content (AvgIpc) is 2.26. The summed E-state index contributed by atoms with van der Waals surface area (Å²) in [5.74, 6) is -0.315. The molecule has 108 valence electrons. The highest BCUT2D eigenvalue weighted by molar-refractivity contribution is 5.18. The smallest absolute Gasteiger partial charge is 0.123 e. The molecule has 1 rings (SSSR count). The van der Waals surface area contributed by atoms with E-state index in [0.29, 0.717) is 12.1 Å². The van der Waals surface area contributed by atoms with Crippen LogP contribution in [-0.4, -0.2) is 43.7 Å². The normalized spacial score (nSPS) is 13.8. The molecule has 4 heteroatoms. The zero-order valence-electron chi connectivity index (χ0n) is 12.3. The van der Waals surface area contributed by atoms with Gasteiger partial charge in [-0.25, -0.2) is 4.39 Å². The summed E-state index contributed by atoms with van der Waals surface area (Å²) < 4.78 is 13.0. The fourth-order valence-electron chi connectivity index (χ4n) is 2.29. The minimum absolute atomic E-state index is 0.130. The molecule has 3 nitrogen and oxygen atoms in total. The summed E-state index contributed by atoms with van der Waals surface area (Å²) >= 11 is 0. The molecular weight excluding hydrogens is 243 g/mol. The second kappa shape index (κ2) is 6.98. The minimum Gasteiger partial charge on any atom is -0.387 e. The number of hydrogen-bond acceptors (Lipinski definition) is 3. The van der Waals surface area contributed by atoms with E-state index in [2.05, 4.69) is 24.1 Å². The predicted octanol–water partition coefficient (Wildman–Crippen LogP) is 2.04. The number of rotatable bonds is 7. The van der Waals surface area contributed by atoms with Crippen LogP contribution in [0.2, 0.25) is 0 Å². The Morgan fingerprint density at radius 3 is 2.63 bits per heavy atom. The minimum atomic E-state index is -0.675. The van der Waals surface area contributed by atoms with E-state index in [4.69, 9.17) is 0 Å². The van der Waals surface area contributed by atoms with Crippen LogP contribution in [0.15, 0.2) is 24.3 Å². The molecule has 0 aliphatic heterocycles. The van der Waals surface area contributed by atoms with E-state index in [0.717, 1.165) is 13.1 Å². The Morgan fingerprint density at radius 2 is 2.05 bits per heavy atom. The molecule has 1 atom stereocenters. The summed E-state index contributed by atoms with van der Waals surface area (Å²) in [6.45, 7) is 6.55. The highest BCUT2D eigenvalue weighted by Crippen LogP contribution is 2.16. The van der Waals surface area contributed by atoms with Crippen LogP contribution >= 0.6 is 0 Å². The SMILES string of the molecule is CN(C)CC(C)(C)CNCC(O)c1cccc(F)c1. The van der Waals surface area contributed by atoms with Crippen molar-refractivity contribution in [1.82, 2.24) is 10.2 Å². The summed E-state index contributed by atoms with van der Waals surface area (Å²) in [7, 11) is 4.09. The Morgan fingerprint density at radius 1 is 1.37 bits per heavy atom. The first-order chi connectivity index (χ1) is 8.80. The van der Waals surface area contributed by atoms with Crippen molar-refractivity contribution in [2.45, 2.75) is 20.0 Å². The lowest BCUT2D eigenvalue weighted by Crippen LogP contribution is -2.38. The predicted molar refractivity (Wildman–Crippen MR) is 76.6 cm³/mol. The summed E-state index contributed by atoms with van der Waals surface area (Å²) in [4.78, 5) is 2.14. The van der Waals surface area contributed by atoms with Gasteiger partial charge in [-0.2, -0.15) is 0 Å². The molecule has 0 bridgehead atoms. The lowest BCUT2D eigenvalue weighted by atomic mass is 9.93. The molecule has 0 saturated heterocycles. The number of halogens is 1. The third kappa shape index (κ3) is 6.14. The van der Waals surface area contributed by atoms with Crippen LogP contribution in [0, 0.1) is 11.2 Å². The van der Waals surface area contributed by atoms with Crippen LogP contribution in [0.4, 0.5) is 4.39 Å². The fraction of sp³-hybridized carbons (Fsp3) is 0.600. The van der Waals surface area contributed by atoms with Gasteiger partial charge in [0.15, 0.2) is 0 Å². The van der Waals surface area contributed by atoms with E-state index in [9.17, 15) is 9.50 Å². The summed E-state index contributed by atoms with van der Waals surface area (Å²) in [5, 5.41) is 13.2. The van der Waals surface area contributed by atoms with Crippen LogP contribution in [0.1, 0.15) is 25.5 Å². The Hall–Kier alpha value is -0.970. The van der Waals surface area contributed by atoms with Crippen molar-refractivity contribution >= 4 is 0 Å². The fourth-order valence-corrected chi connectivity index (χ4v) is 2.29. The summed E-state index contributed by atoms with van der Waals surface area (Å²) in [5.41, 5.74) is 0.739. The highest BCUT2D eigenvalue weighted by atomic mass is 19.1. The van der Waals surface area contributed by atoms with Gasteiger partial charge in [-0.3, -0.25) is 0 Å². The molecule has 1 unspecified atom stereocenters. The molecule has 1 aromatic carbocycles. The lowest BCUT2D eigenvalue weighted by molar-refractivity contribution is 0.162. The van der Waals surface area contributed by atoms with Crippen LogP contribution in [0.3, 0.4) is 0 Å². The molecule has 0 aromatic heterocycles. The van der Waals surface area contributed by atoms with Crippen LogP contribution in [0.5, 0.6) is 0 Å². The number of benzene rings is 1. The molecule has 0 spiro atoms. The molecule has 2 N–H and O–H groups in total. The molecular formula is C15H25FN2O. The van der Waals surface area contributed by atoms with Gasteiger partial charge in [0.2, 0.25) is 0 Å². The second-order valence-electron chi connectivity index (χ2n) is 6.10. The van der Waals surface area contributed by atoms with Crippen LogP contribution < -0.4 is 5.32 Å². The molecule has 0 fully saturated rings. The van der Waals surface area contributed by atoms with Crippen molar-refractivity contribution in [1.29, 1.82) is 0 Å². The average molecular weight is 268 g/mol. The third-order valence-corrected chi connectivity index (χ3v) is 2.92. The third-order valence-electron chi connectivity index (χ3n) is 2.92. The quantitative estimate of drug-likeness (QED) is 0.794. The number of hydrogen-bond donors (Lipinski definition) is 2. The number of aliphatic hydroxyl groups is 1. The molecule has 0 aliphatic rings. The molecule has 1 aromatic rings. The maximum Gasteiger partial charge on any atom is 0.123 e. The molecule has 0 heterocycles. The number of aliphatic hydroxyl groups excluding tert-OH is 1. The largest absolute Gasteiger partial charge is 0.387 e. The van der Waals surface area contributed by atoms with Gasteiger partial charge in [0.25, 0.3) is 0 Å². The van der Waals surface area contributed by atoms with Gasteiger partial charge in [-0.05, 0) is 37.2 Å². The van der Waals surface area contributed by atoms with E-state index in [-0.39, 0.29) is 11.2 Å². The first-order valence-corrected chi connectivity index (χ1v) is 6.59. The Labute approximate surface area is 115 Å². The van der Waals surface area contributed by atoms with Crippen LogP contribution in [0.25, 0.3) is 0 Å². The molecule has 19 heavy (non-hydrogen) atoms. The zero-order valence-corrected chi connectivity index (χ0v) is 12.3. The first kappa shape index (κ1) is 16.1. The van der Waals surface area contributed by atoms with Gasteiger partial charge in [-0.1, -0.05) is 26.0 Å². The van der Waals surface area contributed by atoms with Crippen molar-refractivity contribution in [3.63, 3.8) is 0 Å². The van der Waals surface area contributed by atoms with Crippen molar-refractivity contribution in [2.24, 2.45) is 5.41 Å². The summed E-state index contributed by atoms with van der Waals surface area (Å²) in [6, 6.07) is 6.10. The monoisotopic (exact) mass is 268 g/mol. The second-order valence-corrected chi connectivity index (χ2v) is 6.10. The standard InChI is InChI=1S/C15H25FN2O/c1-15(2,11-18(3)4)10-17-9-14(19)12-6-5-7-13(16)8-12/h5-8,14,17,19H,9-11H2,1-4H3. The van der Waals surface area contributed by atoms with Gasteiger partial charge in [-0.15, -0.1) is 0 Å². The maximum absolute atomic E-state index is 13.0. The van der Waals surface area contributed by atoms with Crippen molar-refractivity contribution in [3.05, 3.63) is 35.6 Å². The molecule has 0 saturated carbocycles.